The highest BCUT2D eigenvalue weighted by Gasteiger charge is 2.17. The second kappa shape index (κ2) is 5.95. The summed E-state index contributed by atoms with van der Waals surface area (Å²) >= 11 is 0. The average Bonchev–Trinajstić information content (AvgIpc) is 3.09. The molecule has 1 aliphatic rings. The largest absolute Gasteiger partial charge is 0.494 e. The van der Waals surface area contributed by atoms with Crippen LogP contribution < -0.4 is 10.1 Å². The lowest BCUT2D eigenvalue weighted by Crippen LogP contribution is -2.24. The van der Waals surface area contributed by atoms with Crippen LogP contribution in [0.15, 0.2) is 24.3 Å². The number of amides is 1. The van der Waals surface area contributed by atoms with E-state index in [4.69, 9.17) is 4.74 Å². The van der Waals surface area contributed by atoms with Crippen LogP contribution in [0, 0.1) is 0 Å². The van der Waals surface area contributed by atoms with Crippen molar-refractivity contribution < 1.29 is 9.53 Å². The van der Waals surface area contributed by atoms with Crippen LogP contribution in [0.4, 0.5) is 0 Å². The molecule has 0 fully saturated rings. The van der Waals surface area contributed by atoms with E-state index in [1.807, 2.05) is 19.1 Å². The third-order valence-corrected chi connectivity index (χ3v) is 3.50. The van der Waals surface area contributed by atoms with Gasteiger partial charge in [-0.1, -0.05) is 6.07 Å². The van der Waals surface area contributed by atoms with Gasteiger partial charge in [0.1, 0.15) is 11.6 Å². The highest BCUT2D eigenvalue weighted by atomic mass is 16.5. The molecule has 1 aliphatic heterocycles. The fourth-order valence-corrected chi connectivity index (χ4v) is 2.50. The van der Waals surface area contributed by atoms with Crippen molar-refractivity contribution in [2.45, 2.75) is 32.9 Å². The summed E-state index contributed by atoms with van der Waals surface area (Å²) in [6, 6.07) is 7.17. The summed E-state index contributed by atoms with van der Waals surface area (Å²) in [5, 5.41) is 11.1. The highest BCUT2D eigenvalue weighted by Crippen LogP contribution is 2.15. The number of hydrogen-bond donors (Lipinski definition) is 1. The van der Waals surface area contributed by atoms with Gasteiger partial charge >= 0.3 is 0 Å². The number of rotatable bonds is 5. The van der Waals surface area contributed by atoms with E-state index in [9.17, 15) is 4.79 Å². The predicted molar refractivity (Wildman–Crippen MR) is 77.1 cm³/mol. The summed E-state index contributed by atoms with van der Waals surface area (Å²) in [6.07, 6.45) is 2.07. The Labute approximate surface area is 123 Å². The molecule has 0 unspecified atom stereocenters. The molecule has 3 rings (SSSR count). The minimum Gasteiger partial charge on any atom is -0.494 e. The molecular formula is C15H18N4O2. The first kappa shape index (κ1) is 13.6. The third kappa shape index (κ3) is 2.89. The molecule has 1 aromatic heterocycles. The predicted octanol–water partition coefficient (Wildman–Crippen LogP) is 1.55. The normalized spacial score (nSPS) is 13.0. The Kier molecular flexibility index (Phi) is 3.85. The van der Waals surface area contributed by atoms with Gasteiger partial charge in [-0.05, 0) is 31.5 Å². The van der Waals surface area contributed by atoms with Gasteiger partial charge in [-0.3, -0.25) is 4.79 Å². The van der Waals surface area contributed by atoms with Gasteiger partial charge in [0.15, 0.2) is 5.82 Å². The van der Waals surface area contributed by atoms with E-state index in [2.05, 4.69) is 20.1 Å². The monoisotopic (exact) mass is 286 g/mol. The van der Waals surface area contributed by atoms with Crippen LogP contribution in [0.2, 0.25) is 0 Å². The molecule has 1 amide bonds. The van der Waals surface area contributed by atoms with Crippen molar-refractivity contribution in [3.05, 3.63) is 41.5 Å². The zero-order chi connectivity index (χ0) is 14.7. The zero-order valence-electron chi connectivity index (χ0n) is 12.0. The Morgan fingerprint density at radius 3 is 3.19 bits per heavy atom. The highest BCUT2D eigenvalue weighted by molar-refractivity contribution is 5.94. The molecule has 1 aromatic carbocycles. The van der Waals surface area contributed by atoms with E-state index in [-0.39, 0.29) is 5.91 Å². The van der Waals surface area contributed by atoms with Crippen LogP contribution in [0.25, 0.3) is 0 Å². The molecule has 21 heavy (non-hydrogen) atoms. The van der Waals surface area contributed by atoms with Crippen molar-refractivity contribution in [2.24, 2.45) is 0 Å². The molecule has 110 valence electrons. The van der Waals surface area contributed by atoms with Crippen LogP contribution in [0.3, 0.4) is 0 Å². The van der Waals surface area contributed by atoms with Crippen LogP contribution in [-0.4, -0.2) is 27.3 Å². The van der Waals surface area contributed by atoms with Crippen molar-refractivity contribution in [1.29, 1.82) is 0 Å². The Morgan fingerprint density at radius 1 is 1.43 bits per heavy atom. The molecule has 0 spiro atoms. The number of aryl methyl sites for hydroxylation is 1. The second-order valence-corrected chi connectivity index (χ2v) is 4.93. The van der Waals surface area contributed by atoms with E-state index in [1.165, 1.54) is 0 Å². The van der Waals surface area contributed by atoms with Crippen molar-refractivity contribution in [3.63, 3.8) is 0 Å². The number of ether oxygens (including phenoxy) is 1. The first-order valence-electron chi connectivity index (χ1n) is 7.20. The molecular weight excluding hydrogens is 268 g/mol. The molecule has 6 nitrogen and oxygen atoms in total. The van der Waals surface area contributed by atoms with Gasteiger partial charge in [0.25, 0.3) is 5.91 Å². The molecule has 0 aliphatic carbocycles. The zero-order valence-corrected chi connectivity index (χ0v) is 12.0. The van der Waals surface area contributed by atoms with E-state index in [0.29, 0.717) is 24.5 Å². The second-order valence-electron chi connectivity index (χ2n) is 4.93. The summed E-state index contributed by atoms with van der Waals surface area (Å²) in [7, 11) is 0. The number of aromatic nitrogens is 3. The van der Waals surface area contributed by atoms with Gasteiger partial charge in [0.2, 0.25) is 0 Å². The maximum absolute atomic E-state index is 12.2. The van der Waals surface area contributed by atoms with Gasteiger partial charge in [-0.25, -0.2) is 0 Å². The number of benzene rings is 1. The number of carbonyl (C=O) groups is 1. The van der Waals surface area contributed by atoms with E-state index < -0.39 is 0 Å². The Morgan fingerprint density at radius 2 is 2.33 bits per heavy atom. The number of nitrogens with zero attached hydrogens (tertiary/aromatic N) is 3. The van der Waals surface area contributed by atoms with Gasteiger partial charge in [-0.15, -0.1) is 10.2 Å². The lowest BCUT2D eigenvalue weighted by Gasteiger charge is -2.07. The maximum atomic E-state index is 12.2. The molecule has 0 bridgehead atoms. The molecule has 0 radical (unpaired) electrons. The smallest absolute Gasteiger partial charge is 0.251 e. The molecule has 0 saturated heterocycles. The minimum absolute atomic E-state index is 0.132. The Bertz CT molecular complexity index is 651. The standard InChI is InChI=1S/C15H18N4O2/c1-2-21-12-6-3-5-11(9-12)15(20)16-10-14-18-17-13-7-4-8-19(13)14/h3,5-6,9H,2,4,7-8,10H2,1H3,(H,16,20). The first-order chi connectivity index (χ1) is 10.3. The summed E-state index contributed by atoms with van der Waals surface area (Å²) in [4.78, 5) is 12.2. The fraction of sp³-hybridized carbons (Fsp3) is 0.400. The van der Waals surface area contributed by atoms with Crippen molar-refractivity contribution in [2.75, 3.05) is 6.61 Å². The van der Waals surface area contributed by atoms with E-state index in [1.54, 1.807) is 12.1 Å². The summed E-state index contributed by atoms with van der Waals surface area (Å²) in [5.41, 5.74) is 0.585. The van der Waals surface area contributed by atoms with Crippen molar-refractivity contribution >= 4 is 5.91 Å². The quantitative estimate of drug-likeness (QED) is 0.905. The lowest BCUT2D eigenvalue weighted by atomic mass is 10.2. The van der Waals surface area contributed by atoms with Crippen LogP contribution in [0.1, 0.15) is 35.4 Å². The lowest BCUT2D eigenvalue weighted by molar-refractivity contribution is 0.0949. The minimum atomic E-state index is -0.132. The van der Waals surface area contributed by atoms with Gasteiger partial charge < -0.3 is 14.6 Å². The Hall–Kier alpha value is -2.37. The van der Waals surface area contributed by atoms with E-state index in [0.717, 1.165) is 31.0 Å². The molecule has 2 heterocycles. The third-order valence-electron chi connectivity index (χ3n) is 3.50. The average molecular weight is 286 g/mol. The molecule has 0 saturated carbocycles. The van der Waals surface area contributed by atoms with Gasteiger partial charge in [0.05, 0.1) is 13.2 Å². The van der Waals surface area contributed by atoms with E-state index >= 15 is 0 Å². The number of nitrogens with one attached hydrogen (secondary N) is 1. The van der Waals surface area contributed by atoms with Crippen LogP contribution >= 0.6 is 0 Å². The van der Waals surface area contributed by atoms with Crippen LogP contribution in [0.5, 0.6) is 5.75 Å². The van der Waals surface area contributed by atoms with Gasteiger partial charge in [-0.2, -0.15) is 0 Å². The van der Waals surface area contributed by atoms with Crippen LogP contribution in [-0.2, 0) is 19.5 Å². The molecule has 6 heteroatoms. The number of carbonyl (C=O) groups excluding carboxylic acids is 1. The first-order valence-corrected chi connectivity index (χ1v) is 7.20. The summed E-state index contributed by atoms with van der Waals surface area (Å²) < 4.78 is 7.48. The maximum Gasteiger partial charge on any atom is 0.251 e. The fourth-order valence-electron chi connectivity index (χ4n) is 2.50. The topological polar surface area (TPSA) is 69.0 Å². The summed E-state index contributed by atoms with van der Waals surface area (Å²) in [6.45, 7) is 3.83. The molecule has 0 atom stereocenters. The number of hydrogen-bond acceptors (Lipinski definition) is 4. The Balaban J connectivity index is 1.65. The SMILES string of the molecule is CCOc1cccc(C(=O)NCc2nnc3n2CCC3)c1. The van der Waals surface area contributed by atoms with Crippen molar-refractivity contribution in [3.8, 4) is 5.75 Å². The van der Waals surface area contributed by atoms with Gasteiger partial charge in [0, 0.05) is 18.5 Å². The number of fused-ring (bicyclic) bond motifs is 1. The molecule has 2 aromatic rings. The molecule has 1 N–H and O–H groups in total. The van der Waals surface area contributed by atoms with Crippen molar-refractivity contribution in [1.82, 2.24) is 20.1 Å². The summed E-state index contributed by atoms with van der Waals surface area (Å²) in [5.74, 6) is 2.40.